The second-order valence-corrected chi connectivity index (χ2v) is 13.7. The van der Waals surface area contributed by atoms with E-state index < -0.39 is 15.5 Å². The van der Waals surface area contributed by atoms with Gasteiger partial charge in [0.15, 0.2) is 0 Å². The third-order valence-corrected chi connectivity index (χ3v) is 10.1. The molecule has 4 bridgehead atoms. The number of hydrogen-bond donors (Lipinski definition) is 2. The van der Waals surface area contributed by atoms with Gasteiger partial charge in [-0.2, -0.15) is 8.42 Å². The van der Waals surface area contributed by atoms with Crippen LogP contribution in [0.1, 0.15) is 77.7 Å². The van der Waals surface area contributed by atoms with E-state index >= 15 is 0 Å². The van der Waals surface area contributed by atoms with Crippen molar-refractivity contribution in [3.63, 3.8) is 0 Å². The van der Waals surface area contributed by atoms with Crippen molar-refractivity contribution in [2.24, 2.45) is 28.1 Å². The molecule has 5 atom stereocenters. The fourth-order valence-electron chi connectivity index (χ4n) is 7.03. The maximum atomic E-state index is 13.7. The van der Waals surface area contributed by atoms with Crippen molar-refractivity contribution in [1.82, 2.24) is 0 Å². The minimum absolute atomic E-state index is 0.0473. The van der Waals surface area contributed by atoms with Gasteiger partial charge in [0.05, 0.1) is 11.2 Å². The molecule has 0 radical (unpaired) electrons. The highest BCUT2D eigenvalue weighted by atomic mass is 32.2. The smallest absolute Gasteiger partial charge is 0.317 e. The zero-order valence-electron chi connectivity index (χ0n) is 21.3. The van der Waals surface area contributed by atoms with Crippen LogP contribution >= 0.6 is 0 Å². The van der Waals surface area contributed by atoms with Gasteiger partial charge in [-0.05, 0) is 105 Å². The monoisotopic (exact) mass is 504 g/mol. The Morgan fingerprint density at radius 3 is 2.46 bits per heavy atom. The Balaban J connectivity index is 1.56. The average Bonchev–Trinajstić information content (AvgIpc) is 2.77. The first-order chi connectivity index (χ1) is 16.4. The molecule has 0 aromatic heterocycles. The number of benzene rings is 1. The molecule has 5 rings (SSSR count). The van der Waals surface area contributed by atoms with E-state index in [1.54, 1.807) is 24.3 Å². The molecule has 2 saturated carbocycles. The largest absolute Gasteiger partial charge is 0.426 e. The number of ether oxygens (including phenoxy) is 1. The number of aliphatic hydroxyl groups excluding tert-OH is 1. The lowest BCUT2D eigenvalue weighted by molar-refractivity contribution is -0.160. The number of fused-ring (bicyclic) bond motifs is 4. The predicted molar refractivity (Wildman–Crippen MR) is 136 cm³/mol. The maximum Gasteiger partial charge on any atom is 0.317 e. The Hall–Kier alpha value is -1.70. The van der Waals surface area contributed by atoms with Gasteiger partial charge in [-0.3, -0.25) is 9.35 Å². The summed E-state index contributed by atoms with van der Waals surface area (Å²) in [6, 6.07) is 6.87. The number of allylic oxidation sites excluding steroid dienone is 2. The Kier molecular flexibility index (Phi) is 7.26. The molecular weight excluding hydrogens is 464 g/mol. The average molecular weight is 505 g/mol. The molecule has 2 N–H and O–H groups in total. The number of aliphatic hydroxyl groups is 1. The van der Waals surface area contributed by atoms with E-state index in [9.17, 15) is 18.3 Å². The second-order valence-electron chi connectivity index (χ2n) is 12.1. The highest BCUT2D eigenvalue weighted by Gasteiger charge is 2.57. The number of hydrogen-bond acceptors (Lipinski definition) is 5. The molecule has 0 spiro atoms. The van der Waals surface area contributed by atoms with Crippen LogP contribution in [0, 0.1) is 28.1 Å². The van der Waals surface area contributed by atoms with Gasteiger partial charge in [-0.1, -0.05) is 37.6 Å². The van der Waals surface area contributed by atoms with E-state index in [4.69, 9.17) is 9.29 Å². The van der Waals surface area contributed by atoms with Gasteiger partial charge in [0.25, 0.3) is 10.1 Å². The molecule has 0 unspecified atom stereocenters. The standard InChI is InChI=1S/C28H40O6S/c1-26(15-16-29)18-21-6-9-23-24(19-26)27(2,12-10-21)13-14-28(23,3)25(30)34-22-7-4-20(5-8-22)11-17-35(31,32)33/h4-8,23-24,29H,9-19H2,1-3H3,(H,31,32,33)/b21-6+/t23-,24+,26+,27-,28-/m1/s1. The third-order valence-electron chi connectivity index (χ3n) is 9.42. The lowest BCUT2D eigenvalue weighted by atomic mass is 9.46. The number of aryl methyl sites for hydroxylation is 1. The zero-order valence-corrected chi connectivity index (χ0v) is 22.1. The van der Waals surface area contributed by atoms with Gasteiger partial charge in [-0.15, -0.1) is 0 Å². The Morgan fingerprint density at radius 1 is 1.09 bits per heavy atom. The number of rotatable bonds is 7. The van der Waals surface area contributed by atoms with E-state index in [1.165, 1.54) is 5.57 Å². The highest BCUT2D eigenvalue weighted by molar-refractivity contribution is 7.85. The quantitative estimate of drug-likeness (QED) is 0.225. The molecule has 194 valence electrons. The molecule has 4 aliphatic rings. The maximum absolute atomic E-state index is 13.7. The third kappa shape index (κ3) is 5.67. The Bertz CT molecular complexity index is 1080. The minimum atomic E-state index is -4.02. The number of esters is 1. The van der Waals surface area contributed by atoms with Gasteiger partial charge < -0.3 is 9.84 Å². The molecule has 0 heterocycles. The molecule has 0 saturated heterocycles. The van der Waals surface area contributed by atoms with Crippen LogP contribution in [0.25, 0.3) is 0 Å². The van der Waals surface area contributed by atoms with Crippen LogP contribution in [0.3, 0.4) is 0 Å². The predicted octanol–water partition coefficient (Wildman–Crippen LogP) is 5.35. The molecule has 0 amide bonds. The fourth-order valence-corrected chi connectivity index (χ4v) is 7.52. The lowest BCUT2D eigenvalue weighted by Gasteiger charge is -2.58. The van der Waals surface area contributed by atoms with Crippen LogP contribution in [0.15, 0.2) is 35.9 Å². The summed E-state index contributed by atoms with van der Waals surface area (Å²) in [6.45, 7) is 6.98. The van der Waals surface area contributed by atoms with E-state index in [1.807, 2.05) is 0 Å². The normalized spacial score (nSPS) is 36.4. The lowest BCUT2D eigenvalue weighted by Crippen LogP contribution is -2.53. The van der Waals surface area contributed by atoms with Gasteiger partial charge in [0.1, 0.15) is 5.75 Å². The fraction of sp³-hybridized carbons (Fsp3) is 0.679. The van der Waals surface area contributed by atoms with Gasteiger partial charge in [-0.25, -0.2) is 0 Å². The SMILES string of the molecule is C[C@]1(CCO)C/C2=C/C[C@@H]3[C@H](C1)[C@](C)(CC2)CC[C@@]3(C)C(=O)Oc1ccc(CCS(=O)(=O)O)cc1. The van der Waals surface area contributed by atoms with Gasteiger partial charge in [0.2, 0.25) is 0 Å². The summed E-state index contributed by atoms with van der Waals surface area (Å²) in [5.41, 5.74) is 1.88. The van der Waals surface area contributed by atoms with Crippen molar-refractivity contribution in [1.29, 1.82) is 0 Å². The van der Waals surface area contributed by atoms with Crippen LogP contribution in [-0.4, -0.2) is 36.4 Å². The summed E-state index contributed by atoms with van der Waals surface area (Å²) in [4.78, 5) is 13.7. The second kappa shape index (κ2) is 9.64. The van der Waals surface area contributed by atoms with Crippen molar-refractivity contribution >= 4 is 16.1 Å². The summed E-state index contributed by atoms with van der Waals surface area (Å²) < 4.78 is 36.9. The van der Waals surface area contributed by atoms with Crippen molar-refractivity contribution < 1.29 is 27.6 Å². The molecule has 1 aromatic rings. The Labute approximate surface area is 209 Å². The molecule has 0 aliphatic heterocycles. The minimum Gasteiger partial charge on any atom is -0.426 e. The summed E-state index contributed by atoms with van der Waals surface area (Å²) in [6.07, 6.45) is 10.4. The summed E-state index contributed by atoms with van der Waals surface area (Å²) in [5.74, 6) is 0.510. The number of carbonyl (C=O) groups excluding carboxylic acids is 1. The van der Waals surface area contributed by atoms with Crippen LogP contribution in [-0.2, 0) is 21.3 Å². The highest BCUT2D eigenvalue weighted by Crippen LogP contribution is 2.62. The first-order valence-electron chi connectivity index (χ1n) is 12.9. The molecule has 2 fully saturated rings. The number of carbonyl (C=O) groups is 1. The molecule has 6 nitrogen and oxygen atoms in total. The first kappa shape index (κ1) is 26.4. The van der Waals surface area contributed by atoms with Crippen LogP contribution in [0.4, 0.5) is 0 Å². The zero-order chi connectivity index (χ0) is 25.5. The molecule has 1 aromatic carbocycles. The molecular formula is C28H40O6S. The van der Waals surface area contributed by atoms with Crippen LogP contribution in [0.5, 0.6) is 5.75 Å². The van der Waals surface area contributed by atoms with Crippen LogP contribution < -0.4 is 4.74 Å². The molecule has 7 heteroatoms. The molecule has 35 heavy (non-hydrogen) atoms. The van der Waals surface area contributed by atoms with Gasteiger partial charge in [0, 0.05) is 6.61 Å². The van der Waals surface area contributed by atoms with Crippen molar-refractivity contribution in [3.8, 4) is 5.75 Å². The van der Waals surface area contributed by atoms with Crippen LogP contribution in [0.2, 0.25) is 0 Å². The Morgan fingerprint density at radius 2 is 1.80 bits per heavy atom. The van der Waals surface area contributed by atoms with E-state index in [0.29, 0.717) is 11.7 Å². The van der Waals surface area contributed by atoms with E-state index in [0.717, 1.165) is 56.9 Å². The first-order valence-corrected chi connectivity index (χ1v) is 14.5. The van der Waals surface area contributed by atoms with Crippen molar-refractivity contribution in [2.75, 3.05) is 12.4 Å². The van der Waals surface area contributed by atoms with E-state index in [-0.39, 0.29) is 41.5 Å². The summed E-state index contributed by atoms with van der Waals surface area (Å²) in [7, 11) is -4.02. The van der Waals surface area contributed by atoms with E-state index in [2.05, 4.69) is 26.8 Å². The van der Waals surface area contributed by atoms with Crippen molar-refractivity contribution in [3.05, 3.63) is 41.5 Å². The topological polar surface area (TPSA) is 101 Å². The summed E-state index contributed by atoms with van der Waals surface area (Å²) in [5, 5.41) is 9.79. The van der Waals surface area contributed by atoms with Gasteiger partial charge >= 0.3 is 5.97 Å². The molecule has 4 aliphatic carbocycles. The summed E-state index contributed by atoms with van der Waals surface area (Å²) >= 11 is 0. The van der Waals surface area contributed by atoms with Crippen molar-refractivity contribution in [2.45, 2.75) is 78.6 Å².